The van der Waals surface area contributed by atoms with Crippen molar-refractivity contribution >= 4 is 60.0 Å². The molecule has 6 heteroatoms. The summed E-state index contributed by atoms with van der Waals surface area (Å²) < 4.78 is 2.10. The number of nitrogens with zero attached hydrogens (tertiary/aromatic N) is 1. The highest BCUT2D eigenvalue weighted by molar-refractivity contribution is 9.13. The van der Waals surface area contributed by atoms with Crippen molar-refractivity contribution in [2.24, 2.45) is 5.92 Å². The van der Waals surface area contributed by atoms with Gasteiger partial charge in [-0.2, -0.15) is 0 Å². The average Bonchev–Trinajstić information content (AvgIpc) is 3.05. The highest BCUT2D eigenvalue weighted by Gasteiger charge is 2.38. The molecule has 2 aromatic rings. The van der Waals surface area contributed by atoms with E-state index in [9.17, 15) is 4.79 Å². The first kappa shape index (κ1) is 16.7. The molecule has 0 bridgehead atoms. The fourth-order valence-electron chi connectivity index (χ4n) is 2.92. The van der Waals surface area contributed by atoms with Crippen molar-refractivity contribution in [3.63, 3.8) is 0 Å². The zero-order chi connectivity index (χ0) is 15.7. The van der Waals surface area contributed by atoms with Gasteiger partial charge in [0.1, 0.15) is 0 Å². The van der Waals surface area contributed by atoms with Gasteiger partial charge in [-0.25, -0.2) is 0 Å². The zero-order valence-corrected chi connectivity index (χ0v) is 16.4. The van der Waals surface area contributed by atoms with Crippen molar-refractivity contribution in [1.82, 2.24) is 4.90 Å². The van der Waals surface area contributed by atoms with E-state index in [1.807, 2.05) is 18.2 Å². The Bertz CT molecular complexity index is 657. The monoisotopic (exact) mass is 461 g/mol. The first-order chi connectivity index (χ1) is 10.5. The molecule has 2 unspecified atom stereocenters. The SMILES string of the molecule is O=C(Cl)C1CN(Cc2ccccc2)CC1c1cc(Br)c(Br)s1. The molecule has 3 rings (SSSR count). The minimum Gasteiger partial charge on any atom is -0.298 e. The van der Waals surface area contributed by atoms with E-state index in [0.717, 1.165) is 27.9 Å². The maximum atomic E-state index is 11.8. The second-order valence-corrected chi connectivity index (χ2v) is 9.10. The van der Waals surface area contributed by atoms with Gasteiger partial charge in [0.25, 0.3) is 0 Å². The van der Waals surface area contributed by atoms with E-state index in [1.165, 1.54) is 10.4 Å². The average molecular weight is 464 g/mol. The Morgan fingerprint density at radius 2 is 2.00 bits per heavy atom. The van der Waals surface area contributed by atoms with Crippen LogP contribution in [0.2, 0.25) is 0 Å². The molecule has 1 fully saturated rings. The molecule has 2 nitrogen and oxygen atoms in total. The van der Waals surface area contributed by atoms with Crippen molar-refractivity contribution in [2.45, 2.75) is 12.5 Å². The third-order valence-electron chi connectivity index (χ3n) is 3.97. The van der Waals surface area contributed by atoms with E-state index in [1.54, 1.807) is 11.3 Å². The van der Waals surface area contributed by atoms with Crippen LogP contribution in [0, 0.1) is 5.92 Å². The van der Waals surface area contributed by atoms with Crippen molar-refractivity contribution in [3.8, 4) is 0 Å². The lowest BCUT2D eigenvalue weighted by molar-refractivity contribution is -0.115. The Morgan fingerprint density at radius 1 is 1.27 bits per heavy atom. The quantitative estimate of drug-likeness (QED) is 0.577. The summed E-state index contributed by atoms with van der Waals surface area (Å²) in [5.74, 6) is 0.0316. The van der Waals surface area contributed by atoms with Crippen LogP contribution in [-0.2, 0) is 11.3 Å². The molecule has 2 heterocycles. The highest BCUT2D eigenvalue weighted by atomic mass is 79.9. The second-order valence-electron chi connectivity index (χ2n) is 5.47. The Kier molecular flexibility index (Phi) is 5.40. The summed E-state index contributed by atoms with van der Waals surface area (Å²) in [6.07, 6.45) is 0. The van der Waals surface area contributed by atoms with Gasteiger partial charge in [0.2, 0.25) is 5.24 Å². The maximum absolute atomic E-state index is 11.8. The van der Waals surface area contributed by atoms with Crippen LogP contribution in [0.15, 0.2) is 44.7 Å². The highest BCUT2D eigenvalue weighted by Crippen LogP contribution is 2.42. The first-order valence-corrected chi connectivity index (χ1v) is 9.73. The molecule has 0 N–H and O–H groups in total. The van der Waals surface area contributed by atoms with Crippen LogP contribution in [0.5, 0.6) is 0 Å². The Hall–Kier alpha value is -0.200. The lowest BCUT2D eigenvalue weighted by Crippen LogP contribution is -2.21. The number of carbonyl (C=O) groups excluding carboxylic acids is 1. The van der Waals surface area contributed by atoms with Gasteiger partial charge in [-0.3, -0.25) is 9.69 Å². The lowest BCUT2D eigenvalue weighted by Gasteiger charge is -2.15. The molecular weight excluding hydrogens is 450 g/mol. The third kappa shape index (κ3) is 3.65. The molecule has 1 saturated heterocycles. The van der Waals surface area contributed by atoms with E-state index >= 15 is 0 Å². The minimum absolute atomic E-state index is 0.136. The van der Waals surface area contributed by atoms with Crippen molar-refractivity contribution in [1.29, 1.82) is 0 Å². The molecule has 0 aliphatic carbocycles. The minimum atomic E-state index is -0.235. The van der Waals surface area contributed by atoms with Gasteiger partial charge in [-0.1, -0.05) is 30.3 Å². The lowest BCUT2D eigenvalue weighted by atomic mass is 9.96. The molecule has 22 heavy (non-hydrogen) atoms. The smallest absolute Gasteiger partial charge is 0.226 e. The van der Waals surface area contributed by atoms with Crippen LogP contribution in [0.3, 0.4) is 0 Å². The molecule has 0 radical (unpaired) electrons. The molecule has 1 aliphatic heterocycles. The number of carbonyl (C=O) groups is 1. The number of hydrogen-bond acceptors (Lipinski definition) is 3. The Labute approximate surface area is 155 Å². The van der Waals surface area contributed by atoms with Gasteiger partial charge in [-0.15, -0.1) is 11.3 Å². The predicted octanol–water partition coefficient (Wildman–Crippen LogP) is 5.25. The summed E-state index contributed by atoms with van der Waals surface area (Å²) in [6, 6.07) is 12.4. The first-order valence-electron chi connectivity index (χ1n) is 6.95. The molecule has 2 atom stereocenters. The molecule has 1 aromatic carbocycles. The molecule has 0 saturated carbocycles. The largest absolute Gasteiger partial charge is 0.298 e. The van der Waals surface area contributed by atoms with Crippen molar-refractivity contribution in [2.75, 3.05) is 13.1 Å². The standard InChI is InChI=1S/C16H14Br2ClNOS/c17-13-6-14(22-15(13)18)11-8-20(9-12(11)16(19)21)7-10-4-2-1-3-5-10/h1-6,11-12H,7-9H2. The molecule has 1 aromatic heterocycles. The van der Waals surface area contributed by atoms with Gasteiger partial charge in [0.15, 0.2) is 0 Å². The second kappa shape index (κ2) is 7.14. The van der Waals surface area contributed by atoms with E-state index in [0.29, 0.717) is 0 Å². The maximum Gasteiger partial charge on any atom is 0.226 e. The fourth-order valence-corrected chi connectivity index (χ4v) is 5.39. The number of thiophene rings is 1. The number of hydrogen-bond donors (Lipinski definition) is 0. The van der Waals surface area contributed by atoms with Gasteiger partial charge < -0.3 is 0 Å². The normalized spacial score (nSPS) is 22.1. The summed E-state index contributed by atoms with van der Waals surface area (Å²) in [5.41, 5.74) is 1.26. The van der Waals surface area contributed by atoms with Gasteiger partial charge in [-0.05, 0) is 55.1 Å². The fraction of sp³-hybridized carbons (Fsp3) is 0.312. The van der Waals surface area contributed by atoms with E-state index in [4.69, 9.17) is 11.6 Å². The van der Waals surface area contributed by atoms with Crippen molar-refractivity contribution in [3.05, 3.63) is 55.1 Å². The van der Waals surface area contributed by atoms with Crippen molar-refractivity contribution < 1.29 is 4.79 Å². The summed E-state index contributed by atoms with van der Waals surface area (Å²) in [5, 5.41) is -0.235. The number of benzene rings is 1. The molecule has 0 amide bonds. The Morgan fingerprint density at radius 3 is 2.59 bits per heavy atom. The van der Waals surface area contributed by atoms with E-state index in [2.05, 4.69) is 55.0 Å². The summed E-state index contributed by atoms with van der Waals surface area (Å²) in [7, 11) is 0. The molecule has 0 spiro atoms. The predicted molar refractivity (Wildman–Crippen MR) is 98.5 cm³/mol. The van der Waals surface area contributed by atoms with E-state index < -0.39 is 0 Å². The van der Waals surface area contributed by atoms with Gasteiger partial charge in [0, 0.05) is 34.9 Å². The van der Waals surface area contributed by atoms with E-state index in [-0.39, 0.29) is 17.1 Å². The topological polar surface area (TPSA) is 20.3 Å². The van der Waals surface area contributed by atoms with Crippen LogP contribution >= 0.6 is 54.8 Å². The number of rotatable bonds is 4. The number of likely N-dealkylation sites (tertiary alicyclic amines) is 1. The zero-order valence-electron chi connectivity index (χ0n) is 11.6. The van der Waals surface area contributed by atoms with Gasteiger partial charge in [0.05, 0.1) is 9.70 Å². The summed E-state index contributed by atoms with van der Waals surface area (Å²) in [6.45, 7) is 2.43. The van der Waals surface area contributed by atoms with Crippen LogP contribution in [-0.4, -0.2) is 23.2 Å². The van der Waals surface area contributed by atoms with Crippen LogP contribution in [0.1, 0.15) is 16.4 Å². The number of halogens is 3. The van der Waals surface area contributed by atoms with Crippen LogP contribution in [0.25, 0.3) is 0 Å². The molecule has 116 valence electrons. The van der Waals surface area contributed by atoms with Crippen LogP contribution < -0.4 is 0 Å². The molecular formula is C16H14Br2ClNOS. The summed E-state index contributed by atoms with van der Waals surface area (Å²) >= 11 is 14.6. The third-order valence-corrected chi connectivity index (χ3v) is 7.63. The van der Waals surface area contributed by atoms with Crippen LogP contribution in [0.4, 0.5) is 0 Å². The van der Waals surface area contributed by atoms with Gasteiger partial charge >= 0.3 is 0 Å². The summed E-state index contributed by atoms with van der Waals surface area (Å²) in [4.78, 5) is 15.4. The Balaban J connectivity index is 1.79. The molecule has 1 aliphatic rings.